The number of rotatable bonds is 23. The fraction of sp³-hybridized carbons (Fsp3) is 0.885. The number of hydrogen-bond acceptors (Lipinski definition) is 4. The van der Waals surface area contributed by atoms with Crippen molar-refractivity contribution in [3.63, 3.8) is 0 Å². The summed E-state index contributed by atoms with van der Waals surface area (Å²) in [5.74, 6) is -3.66. The summed E-state index contributed by atoms with van der Waals surface area (Å²) in [6.07, 6.45) is 18.6. The van der Waals surface area contributed by atoms with E-state index in [2.05, 4.69) is 6.92 Å². The highest BCUT2D eigenvalue weighted by molar-refractivity contribution is 5.90. The third kappa shape index (κ3) is 16.6. The quantitative estimate of drug-likeness (QED) is 0.163. The number of unbranched alkanes of at least 4 members (excludes halogenated alkanes) is 15. The Morgan fingerprint density at radius 1 is 0.636 bits per heavy atom. The molecule has 0 spiro atoms. The molecule has 0 bridgehead atoms. The standard InChI is InChI=1S/C26H49NO6/c1-3-5-6-7-8-9-10-11-12-13-14-15-16-17-18-19-20-27(4-2)23(28)21-26(33,25(31)32)22-24(29)30/h33H,3-22H2,1-2H3,(H,29,30)(H,31,32). The molecule has 0 aromatic rings. The average Bonchev–Trinajstić information content (AvgIpc) is 2.75. The van der Waals surface area contributed by atoms with Crippen molar-refractivity contribution in [3.05, 3.63) is 0 Å². The number of amides is 1. The Morgan fingerprint density at radius 3 is 1.36 bits per heavy atom. The second kappa shape index (κ2) is 19.8. The summed E-state index contributed by atoms with van der Waals surface area (Å²) in [6.45, 7) is 4.95. The molecule has 0 saturated carbocycles. The van der Waals surface area contributed by atoms with E-state index in [1.165, 1.54) is 88.4 Å². The zero-order valence-electron chi connectivity index (χ0n) is 21.2. The lowest BCUT2D eigenvalue weighted by Crippen LogP contribution is -2.46. The normalized spacial score (nSPS) is 12.9. The maximum Gasteiger partial charge on any atom is 0.336 e. The number of aliphatic carboxylic acids is 2. The first kappa shape index (κ1) is 31.4. The summed E-state index contributed by atoms with van der Waals surface area (Å²) >= 11 is 0. The van der Waals surface area contributed by atoms with E-state index in [1.54, 1.807) is 6.92 Å². The molecule has 0 aromatic carbocycles. The van der Waals surface area contributed by atoms with E-state index in [9.17, 15) is 19.5 Å². The topological polar surface area (TPSA) is 115 Å². The molecular weight excluding hydrogens is 422 g/mol. The SMILES string of the molecule is CCCCCCCCCCCCCCCCCCN(CC)C(=O)CC(O)(CC(=O)O)C(=O)O. The first-order valence-corrected chi connectivity index (χ1v) is 13.2. The van der Waals surface area contributed by atoms with Gasteiger partial charge in [0.25, 0.3) is 0 Å². The molecule has 7 heteroatoms. The first-order valence-electron chi connectivity index (χ1n) is 13.2. The van der Waals surface area contributed by atoms with Crippen molar-refractivity contribution < 1.29 is 29.7 Å². The van der Waals surface area contributed by atoms with Crippen LogP contribution in [0.25, 0.3) is 0 Å². The van der Waals surface area contributed by atoms with Gasteiger partial charge in [0.2, 0.25) is 5.91 Å². The van der Waals surface area contributed by atoms with Crippen LogP contribution in [0.4, 0.5) is 0 Å². The van der Waals surface area contributed by atoms with E-state index in [4.69, 9.17) is 10.2 Å². The van der Waals surface area contributed by atoms with E-state index in [0.717, 1.165) is 19.3 Å². The van der Waals surface area contributed by atoms with Crippen LogP contribution in [0.2, 0.25) is 0 Å². The highest BCUT2D eigenvalue weighted by Crippen LogP contribution is 2.19. The Balaban J connectivity index is 3.78. The summed E-state index contributed by atoms with van der Waals surface area (Å²) in [5, 5.41) is 28.0. The Morgan fingerprint density at radius 2 is 1.03 bits per heavy atom. The Bertz CT molecular complexity index is 539. The van der Waals surface area contributed by atoms with Crippen LogP contribution in [0.5, 0.6) is 0 Å². The largest absolute Gasteiger partial charge is 0.481 e. The summed E-state index contributed by atoms with van der Waals surface area (Å²) in [6, 6.07) is 0. The zero-order valence-corrected chi connectivity index (χ0v) is 21.2. The molecule has 33 heavy (non-hydrogen) atoms. The molecule has 1 atom stereocenters. The fourth-order valence-electron chi connectivity index (χ4n) is 4.14. The fourth-order valence-corrected chi connectivity index (χ4v) is 4.14. The molecule has 0 heterocycles. The van der Waals surface area contributed by atoms with Gasteiger partial charge >= 0.3 is 11.9 Å². The summed E-state index contributed by atoms with van der Waals surface area (Å²) in [4.78, 5) is 35.9. The third-order valence-electron chi connectivity index (χ3n) is 6.30. The van der Waals surface area contributed by atoms with Gasteiger partial charge in [-0.3, -0.25) is 9.59 Å². The van der Waals surface area contributed by atoms with E-state index < -0.39 is 36.3 Å². The lowest BCUT2D eigenvalue weighted by atomic mass is 9.95. The molecule has 0 aromatic heterocycles. The first-order chi connectivity index (χ1) is 15.8. The number of carboxylic acids is 2. The Kier molecular flexibility index (Phi) is 18.8. The minimum atomic E-state index is -2.56. The van der Waals surface area contributed by atoms with Gasteiger partial charge < -0.3 is 20.2 Å². The molecule has 0 radical (unpaired) electrons. The number of nitrogens with zero attached hydrogens (tertiary/aromatic N) is 1. The lowest BCUT2D eigenvalue weighted by Gasteiger charge is -2.26. The molecule has 0 fully saturated rings. The van der Waals surface area contributed by atoms with Gasteiger partial charge in [0, 0.05) is 13.1 Å². The molecule has 1 unspecified atom stereocenters. The smallest absolute Gasteiger partial charge is 0.336 e. The third-order valence-corrected chi connectivity index (χ3v) is 6.30. The predicted molar refractivity (Wildman–Crippen MR) is 131 cm³/mol. The monoisotopic (exact) mass is 471 g/mol. The lowest BCUT2D eigenvalue weighted by molar-refractivity contribution is -0.169. The Hall–Kier alpha value is -1.63. The van der Waals surface area contributed by atoms with Gasteiger partial charge in [0.05, 0.1) is 12.8 Å². The van der Waals surface area contributed by atoms with Crippen LogP contribution in [0.1, 0.15) is 129 Å². The van der Waals surface area contributed by atoms with Crippen LogP contribution in [-0.2, 0) is 14.4 Å². The van der Waals surface area contributed by atoms with Crippen molar-refractivity contribution in [2.24, 2.45) is 0 Å². The number of aliphatic hydroxyl groups is 1. The number of carbonyl (C=O) groups excluding carboxylic acids is 1. The van der Waals surface area contributed by atoms with Crippen LogP contribution in [0.3, 0.4) is 0 Å². The number of carbonyl (C=O) groups is 3. The molecule has 0 aliphatic heterocycles. The van der Waals surface area contributed by atoms with Crippen LogP contribution < -0.4 is 0 Å². The minimum absolute atomic E-state index is 0.403. The van der Waals surface area contributed by atoms with Crippen molar-refractivity contribution >= 4 is 17.8 Å². The summed E-state index contributed by atoms with van der Waals surface area (Å²) < 4.78 is 0. The maximum atomic E-state index is 12.4. The van der Waals surface area contributed by atoms with Gasteiger partial charge in [-0.1, -0.05) is 103 Å². The van der Waals surface area contributed by atoms with E-state index in [0.29, 0.717) is 13.1 Å². The number of hydrogen-bond donors (Lipinski definition) is 3. The summed E-state index contributed by atoms with van der Waals surface area (Å²) in [7, 11) is 0. The molecule has 0 aliphatic carbocycles. The molecule has 7 nitrogen and oxygen atoms in total. The minimum Gasteiger partial charge on any atom is -0.481 e. The van der Waals surface area contributed by atoms with Gasteiger partial charge in [0.15, 0.2) is 5.60 Å². The average molecular weight is 472 g/mol. The Labute approximate surface area is 200 Å². The van der Waals surface area contributed by atoms with Crippen LogP contribution >= 0.6 is 0 Å². The van der Waals surface area contributed by atoms with Gasteiger partial charge in [-0.25, -0.2) is 4.79 Å². The molecule has 0 saturated heterocycles. The van der Waals surface area contributed by atoms with Gasteiger partial charge in [-0.2, -0.15) is 0 Å². The second-order valence-corrected chi connectivity index (χ2v) is 9.36. The highest BCUT2D eigenvalue weighted by Gasteiger charge is 2.41. The van der Waals surface area contributed by atoms with Crippen molar-refractivity contribution in [3.8, 4) is 0 Å². The van der Waals surface area contributed by atoms with Crippen molar-refractivity contribution in [2.75, 3.05) is 13.1 Å². The van der Waals surface area contributed by atoms with Crippen LogP contribution in [0, 0.1) is 0 Å². The van der Waals surface area contributed by atoms with Gasteiger partial charge in [-0.15, -0.1) is 0 Å². The maximum absolute atomic E-state index is 12.4. The number of carboxylic acid groups (broad SMARTS) is 2. The van der Waals surface area contributed by atoms with Crippen molar-refractivity contribution in [1.82, 2.24) is 4.90 Å². The molecular formula is C26H49NO6. The molecule has 3 N–H and O–H groups in total. The van der Waals surface area contributed by atoms with Gasteiger partial charge in [0.1, 0.15) is 0 Å². The molecule has 0 aliphatic rings. The van der Waals surface area contributed by atoms with E-state index >= 15 is 0 Å². The molecule has 0 rings (SSSR count). The van der Waals surface area contributed by atoms with E-state index in [1.807, 2.05) is 0 Å². The molecule has 194 valence electrons. The van der Waals surface area contributed by atoms with Crippen molar-refractivity contribution in [2.45, 2.75) is 135 Å². The summed E-state index contributed by atoms with van der Waals surface area (Å²) in [5.41, 5.74) is -2.56. The second-order valence-electron chi connectivity index (χ2n) is 9.36. The molecule has 1 amide bonds. The van der Waals surface area contributed by atoms with Crippen LogP contribution in [-0.4, -0.2) is 56.8 Å². The van der Waals surface area contributed by atoms with E-state index in [-0.39, 0.29) is 0 Å². The van der Waals surface area contributed by atoms with Crippen molar-refractivity contribution in [1.29, 1.82) is 0 Å². The highest BCUT2D eigenvalue weighted by atomic mass is 16.4. The predicted octanol–water partition coefficient (Wildman–Crippen LogP) is 5.78. The van der Waals surface area contributed by atoms with Crippen LogP contribution in [0.15, 0.2) is 0 Å². The van der Waals surface area contributed by atoms with Gasteiger partial charge in [-0.05, 0) is 13.3 Å². The zero-order chi connectivity index (χ0) is 25.0.